The summed E-state index contributed by atoms with van der Waals surface area (Å²) in [5.41, 5.74) is 1.46. The molecule has 0 radical (unpaired) electrons. The van der Waals surface area contributed by atoms with Crippen LogP contribution >= 0.6 is 0 Å². The molecule has 2 rings (SSSR count). The Morgan fingerprint density at radius 3 is 2.94 bits per heavy atom. The summed E-state index contributed by atoms with van der Waals surface area (Å²) in [4.78, 5) is 14.5. The maximum atomic E-state index is 8.25. The maximum absolute atomic E-state index is 8.25. The fraction of sp³-hybridized carbons (Fsp3) is 0.111. The van der Waals surface area contributed by atoms with Gasteiger partial charge in [-0.3, -0.25) is 0 Å². The van der Waals surface area contributed by atoms with E-state index < -0.39 is 0 Å². The molecule has 0 aliphatic carbocycles. The molecule has 2 aromatic rings. The largest absolute Gasteiger partial charge is 1.00 e. The average Bonchev–Trinajstić information content (AvgIpc) is 2.71. The number of imidazole rings is 1. The predicted molar refractivity (Wildman–Crippen MR) is 53.0 cm³/mol. The maximum Gasteiger partial charge on any atom is 1.00 e. The molecule has 2 heterocycles. The average molecular weight is 225 g/mol. The zero-order valence-electron chi connectivity index (χ0n) is 9.01. The summed E-state index contributed by atoms with van der Waals surface area (Å²) in [6.07, 6.45) is 4.67. The standard InChI is InChI=1S/C8H5N5.CH3O.Na/c9-5-10-4-7-12-6-2-1-3-11-8(6)13-7;1-2;/h1-4H,(H,11,12,13);1H3;/q;-1;+1. The summed E-state index contributed by atoms with van der Waals surface area (Å²) in [5.74, 6) is 0.537. The van der Waals surface area contributed by atoms with E-state index in [-0.39, 0.29) is 29.6 Å². The zero-order valence-corrected chi connectivity index (χ0v) is 11.0. The molecule has 0 saturated heterocycles. The van der Waals surface area contributed by atoms with E-state index in [0.717, 1.165) is 12.6 Å². The SMILES string of the molecule is C[O-].N#CN=Cc1nc2ncccc2[nH]1.[Na+]. The van der Waals surface area contributed by atoms with Gasteiger partial charge in [0.15, 0.2) is 11.5 Å². The van der Waals surface area contributed by atoms with Gasteiger partial charge >= 0.3 is 29.6 Å². The summed E-state index contributed by atoms with van der Waals surface area (Å²) in [6.45, 7) is 0. The minimum absolute atomic E-state index is 0. The van der Waals surface area contributed by atoms with E-state index in [1.54, 1.807) is 12.4 Å². The predicted octanol–water partition coefficient (Wildman–Crippen LogP) is -3.16. The Bertz CT molecular complexity index is 469. The number of nitrogens with zero attached hydrogens (tertiary/aromatic N) is 4. The van der Waals surface area contributed by atoms with Crippen molar-refractivity contribution in [2.45, 2.75) is 0 Å². The first-order valence-electron chi connectivity index (χ1n) is 4.04. The van der Waals surface area contributed by atoms with Crippen LogP contribution in [-0.2, 0) is 0 Å². The molecule has 7 heteroatoms. The number of aromatic nitrogens is 3. The Kier molecular flexibility index (Phi) is 7.33. The number of pyridine rings is 1. The summed E-state index contributed by atoms with van der Waals surface area (Å²) in [7, 11) is 0.750. The number of hydrogen-bond acceptors (Lipinski definition) is 5. The zero-order chi connectivity index (χ0) is 11.1. The van der Waals surface area contributed by atoms with Gasteiger partial charge in [-0.25, -0.2) is 9.97 Å². The molecular weight excluding hydrogens is 217 g/mol. The van der Waals surface area contributed by atoms with Crippen LogP contribution in [0.1, 0.15) is 5.82 Å². The van der Waals surface area contributed by atoms with E-state index in [1.165, 1.54) is 6.21 Å². The number of rotatable bonds is 1. The third kappa shape index (κ3) is 3.72. The fourth-order valence-corrected chi connectivity index (χ4v) is 1.01. The Hall–Kier alpha value is -1.26. The summed E-state index contributed by atoms with van der Waals surface area (Å²) in [5, 5.41) is 16.4. The van der Waals surface area contributed by atoms with Crippen molar-refractivity contribution in [3.8, 4) is 6.19 Å². The number of H-pyrrole nitrogens is 1. The van der Waals surface area contributed by atoms with Crippen LogP contribution in [0.4, 0.5) is 0 Å². The number of fused-ring (bicyclic) bond motifs is 1. The van der Waals surface area contributed by atoms with Crippen LogP contribution in [0.5, 0.6) is 0 Å². The molecule has 0 atom stereocenters. The van der Waals surface area contributed by atoms with Gasteiger partial charge in [0.1, 0.15) is 0 Å². The van der Waals surface area contributed by atoms with Gasteiger partial charge in [0.05, 0.1) is 11.7 Å². The van der Waals surface area contributed by atoms with E-state index in [1.807, 2.05) is 12.1 Å². The summed E-state index contributed by atoms with van der Waals surface area (Å²) < 4.78 is 0. The van der Waals surface area contributed by atoms with E-state index in [9.17, 15) is 0 Å². The Balaban J connectivity index is 0.000000711. The summed E-state index contributed by atoms with van der Waals surface area (Å²) in [6, 6.07) is 3.67. The van der Waals surface area contributed by atoms with Crippen molar-refractivity contribution < 1.29 is 34.7 Å². The molecule has 0 aliphatic rings. The second kappa shape index (κ2) is 7.96. The van der Waals surface area contributed by atoms with Gasteiger partial charge in [0.2, 0.25) is 6.19 Å². The van der Waals surface area contributed by atoms with Crippen molar-refractivity contribution in [2.75, 3.05) is 7.11 Å². The van der Waals surface area contributed by atoms with Gasteiger partial charge in [0, 0.05) is 6.20 Å². The first-order chi connectivity index (χ1) is 7.40. The Labute approximate surface area is 114 Å². The van der Waals surface area contributed by atoms with Crippen LogP contribution in [0.3, 0.4) is 0 Å². The number of hydrogen-bond donors (Lipinski definition) is 1. The van der Waals surface area contributed by atoms with Crippen molar-refractivity contribution in [2.24, 2.45) is 4.99 Å². The number of nitriles is 1. The van der Waals surface area contributed by atoms with Gasteiger partial charge in [0.25, 0.3) is 0 Å². The van der Waals surface area contributed by atoms with E-state index >= 15 is 0 Å². The summed E-state index contributed by atoms with van der Waals surface area (Å²) >= 11 is 0. The van der Waals surface area contributed by atoms with Crippen molar-refractivity contribution >= 4 is 17.4 Å². The molecule has 0 aromatic carbocycles. The van der Waals surface area contributed by atoms with Crippen LogP contribution in [0.25, 0.3) is 11.2 Å². The first-order valence-corrected chi connectivity index (χ1v) is 4.04. The van der Waals surface area contributed by atoms with Gasteiger partial charge in [-0.15, -0.1) is 0 Å². The van der Waals surface area contributed by atoms with E-state index in [0.29, 0.717) is 11.5 Å². The Morgan fingerprint density at radius 1 is 1.56 bits per heavy atom. The smallest absolute Gasteiger partial charge is 0.857 e. The molecule has 2 aromatic heterocycles. The van der Waals surface area contributed by atoms with Crippen LogP contribution in [0.15, 0.2) is 23.3 Å². The molecule has 6 nitrogen and oxygen atoms in total. The third-order valence-corrected chi connectivity index (χ3v) is 1.52. The normalized spacial score (nSPS) is 9.06. The van der Waals surface area contributed by atoms with Crippen LogP contribution in [0, 0.1) is 11.5 Å². The van der Waals surface area contributed by atoms with Crippen molar-refractivity contribution in [1.29, 1.82) is 5.26 Å². The molecule has 0 amide bonds. The third-order valence-electron chi connectivity index (χ3n) is 1.52. The first kappa shape index (κ1) is 14.7. The quantitative estimate of drug-likeness (QED) is 0.314. The molecule has 0 aliphatic heterocycles. The van der Waals surface area contributed by atoms with Crippen molar-refractivity contribution in [3.05, 3.63) is 24.2 Å². The minimum Gasteiger partial charge on any atom is -0.857 e. The molecular formula is C9H8N5NaO. The van der Waals surface area contributed by atoms with Crippen molar-refractivity contribution in [3.63, 3.8) is 0 Å². The number of nitrogens with one attached hydrogen (secondary N) is 1. The molecule has 0 saturated carbocycles. The minimum atomic E-state index is 0. The Morgan fingerprint density at radius 2 is 2.31 bits per heavy atom. The van der Waals surface area contributed by atoms with E-state index in [4.69, 9.17) is 10.4 Å². The monoisotopic (exact) mass is 225 g/mol. The van der Waals surface area contributed by atoms with Crippen LogP contribution in [-0.4, -0.2) is 28.3 Å². The molecule has 0 spiro atoms. The second-order valence-electron chi connectivity index (χ2n) is 2.35. The van der Waals surface area contributed by atoms with Gasteiger partial charge in [-0.05, 0) is 12.1 Å². The van der Waals surface area contributed by atoms with E-state index in [2.05, 4.69) is 19.9 Å². The number of aromatic amines is 1. The fourth-order valence-electron chi connectivity index (χ4n) is 1.01. The molecule has 0 bridgehead atoms. The van der Waals surface area contributed by atoms with Gasteiger partial charge in [-0.2, -0.15) is 17.4 Å². The van der Waals surface area contributed by atoms with Gasteiger partial charge < -0.3 is 10.1 Å². The molecule has 1 N–H and O–H groups in total. The molecule has 0 unspecified atom stereocenters. The van der Waals surface area contributed by atoms with Crippen molar-refractivity contribution in [1.82, 2.24) is 15.0 Å². The second-order valence-corrected chi connectivity index (χ2v) is 2.35. The molecule has 0 fully saturated rings. The van der Waals surface area contributed by atoms with Crippen LogP contribution < -0.4 is 34.7 Å². The molecule has 76 valence electrons. The van der Waals surface area contributed by atoms with Crippen LogP contribution in [0.2, 0.25) is 0 Å². The molecule has 16 heavy (non-hydrogen) atoms. The van der Waals surface area contributed by atoms with Gasteiger partial charge in [-0.1, -0.05) is 0 Å². The topological polar surface area (TPSA) is 101 Å². The number of aliphatic imine (C=N–C) groups is 1.